The minimum absolute atomic E-state index is 0.135. The molecule has 33 heavy (non-hydrogen) atoms. The maximum absolute atomic E-state index is 12.7. The third kappa shape index (κ3) is 7.57. The first-order valence-electron chi connectivity index (χ1n) is 11.8. The molecule has 180 valence electrons. The van der Waals surface area contributed by atoms with Crippen LogP contribution in [0.25, 0.3) is 0 Å². The van der Waals surface area contributed by atoms with Crippen LogP contribution < -0.4 is 9.46 Å². The molecule has 0 saturated carbocycles. The predicted molar refractivity (Wildman–Crippen MR) is 131 cm³/mol. The molecular formula is C26H36N2O4S. The number of amides is 1. The van der Waals surface area contributed by atoms with Gasteiger partial charge in [0.1, 0.15) is 5.75 Å². The molecule has 0 spiro atoms. The predicted octanol–water partition coefficient (Wildman–Crippen LogP) is 4.38. The molecule has 1 aliphatic rings. The van der Waals surface area contributed by atoms with Gasteiger partial charge in [0.05, 0.1) is 11.5 Å². The number of aryl methyl sites for hydroxylation is 3. The maximum Gasteiger partial charge on any atom is 0.240 e. The zero-order valence-corrected chi connectivity index (χ0v) is 20.8. The van der Waals surface area contributed by atoms with Crippen LogP contribution in [0.2, 0.25) is 0 Å². The van der Waals surface area contributed by atoms with Gasteiger partial charge in [-0.25, -0.2) is 13.1 Å². The van der Waals surface area contributed by atoms with Crippen molar-refractivity contribution < 1.29 is 17.9 Å². The van der Waals surface area contributed by atoms with E-state index in [1.165, 1.54) is 5.56 Å². The first kappa shape index (κ1) is 25.2. The number of nitrogens with one attached hydrogen (secondary N) is 1. The summed E-state index contributed by atoms with van der Waals surface area (Å²) in [5.74, 6) is 1.19. The van der Waals surface area contributed by atoms with Crippen LogP contribution in [-0.4, -0.2) is 45.5 Å². The van der Waals surface area contributed by atoms with Crippen LogP contribution in [-0.2, 0) is 14.8 Å². The van der Waals surface area contributed by atoms with Crippen molar-refractivity contribution in [3.8, 4) is 5.75 Å². The number of likely N-dealkylation sites (tertiary alicyclic amines) is 1. The molecule has 0 bridgehead atoms. The molecule has 6 nitrogen and oxygen atoms in total. The van der Waals surface area contributed by atoms with Crippen LogP contribution in [0.5, 0.6) is 5.75 Å². The van der Waals surface area contributed by atoms with Gasteiger partial charge in [0.25, 0.3) is 0 Å². The molecule has 0 radical (unpaired) electrons. The Kier molecular flexibility index (Phi) is 8.92. The standard InChI is InChI=1S/C26H36N2O4S/c1-20-10-13-24(14-11-20)33(30,31)27-18-23-7-6-15-28(19-23)26(29)8-4-5-16-32-25-17-21(2)9-12-22(25)3/h9-14,17,23,27H,4-8,15-16,18-19H2,1-3H3. The lowest BCUT2D eigenvalue weighted by Gasteiger charge is -2.33. The van der Waals surface area contributed by atoms with Gasteiger partial charge in [-0.1, -0.05) is 29.8 Å². The van der Waals surface area contributed by atoms with Crippen molar-refractivity contribution in [2.24, 2.45) is 5.92 Å². The molecule has 1 N–H and O–H groups in total. The molecule has 2 aromatic carbocycles. The topological polar surface area (TPSA) is 75.7 Å². The number of sulfonamides is 1. The summed E-state index contributed by atoms with van der Waals surface area (Å²) < 4.78 is 33.7. The largest absolute Gasteiger partial charge is 0.493 e. The Morgan fingerprint density at radius 2 is 1.79 bits per heavy atom. The highest BCUT2D eigenvalue weighted by Crippen LogP contribution is 2.21. The molecule has 0 aliphatic carbocycles. The van der Waals surface area contributed by atoms with Crippen molar-refractivity contribution in [2.45, 2.75) is 57.8 Å². The van der Waals surface area contributed by atoms with Crippen molar-refractivity contribution in [1.82, 2.24) is 9.62 Å². The monoisotopic (exact) mass is 472 g/mol. The SMILES string of the molecule is Cc1ccc(S(=O)(=O)NCC2CCCN(C(=O)CCCCOc3cc(C)ccc3C)C2)cc1. The summed E-state index contributed by atoms with van der Waals surface area (Å²) in [4.78, 5) is 14.8. The van der Waals surface area contributed by atoms with E-state index in [0.29, 0.717) is 26.1 Å². The van der Waals surface area contributed by atoms with E-state index >= 15 is 0 Å². The minimum atomic E-state index is -3.53. The van der Waals surface area contributed by atoms with Crippen molar-refractivity contribution in [3.05, 3.63) is 59.2 Å². The van der Waals surface area contributed by atoms with E-state index in [4.69, 9.17) is 4.74 Å². The average molecular weight is 473 g/mol. The van der Waals surface area contributed by atoms with Gasteiger partial charge >= 0.3 is 0 Å². The van der Waals surface area contributed by atoms with Gasteiger partial charge < -0.3 is 9.64 Å². The third-order valence-corrected chi connectivity index (χ3v) is 7.59. The van der Waals surface area contributed by atoms with Crippen LogP contribution in [0, 0.1) is 26.7 Å². The number of carbonyl (C=O) groups is 1. The summed E-state index contributed by atoms with van der Waals surface area (Å²) in [5, 5.41) is 0. The number of carbonyl (C=O) groups excluding carboxylic acids is 1. The molecule has 1 amide bonds. The fraction of sp³-hybridized carbons (Fsp3) is 0.500. The van der Waals surface area contributed by atoms with Crippen LogP contribution in [0.15, 0.2) is 47.4 Å². The Balaban J connectivity index is 1.39. The van der Waals surface area contributed by atoms with Crippen LogP contribution >= 0.6 is 0 Å². The molecule has 2 aromatic rings. The van der Waals surface area contributed by atoms with Gasteiger partial charge in [-0.3, -0.25) is 4.79 Å². The Bertz CT molecular complexity index is 1030. The molecule has 1 heterocycles. The molecular weight excluding hydrogens is 436 g/mol. The minimum Gasteiger partial charge on any atom is -0.493 e. The second kappa shape index (κ2) is 11.7. The lowest BCUT2D eigenvalue weighted by atomic mass is 9.98. The van der Waals surface area contributed by atoms with E-state index in [0.717, 1.165) is 49.1 Å². The van der Waals surface area contributed by atoms with Crippen molar-refractivity contribution in [1.29, 1.82) is 0 Å². The van der Waals surface area contributed by atoms with E-state index in [1.807, 2.05) is 31.7 Å². The number of rotatable bonds is 10. The fourth-order valence-electron chi connectivity index (χ4n) is 4.07. The lowest BCUT2D eigenvalue weighted by molar-refractivity contribution is -0.133. The molecule has 7 heteroatoms. The van der Waals surface area contributed by atoms with E-state index in [1.54, 1.807) is 24.3 Å². The Labute approximate surface area is 198 Å². The van der Waals surface area contributed by atoms with Crippen molar-refractivity contribution >= 4 is 15.9 Å². The Morgan fingerprint density at radius 3 is 2.55 bits per heavy atom. The van der Waals surface area contributed by atoms with Gasteiger partial charge in [0, 0.05) is 26.1 Å². The quantitative estimate of drug-likeness (QED) is 0.521. The molecule has 1 unspecified atom stereocenters. The number of hydrogen-bond donors (Lipinski definition) is 1. The van der Waals surface area contributed by atoms with E-state index < -0.39 is 10.0 Å². The molecule has 1 fully saturated rings. The van der Waals surface area contributed by atoms with Crippen molar-refractivity contribution in [2.75, 3.05) is 26.2 Å². The zero-order valence-electron chi connectivity index (χ0n) is 20.0. The summed E-state index contributed by atoms with van der Waals surface area (Å²) in [5.41, 5.74) is 3.31. The van der Waals surface area contributed by atoms with E-state index in [-0.39, 0.29) is 16.7 Å². The average Bonchev–Trinajstić information content (AvgIpc) is 2.80. The van der Waals surface area contributed by atoms with Gasteiger partial charge in [-0.15, -0.1) is 0 Å². The number of hydrogen-bond acceptors (Lipinski definition) is 4. The van der Waals surface area contributed by atoms with Crippen molar-refractivity contribution in [3.63, 3.8) is 0 Å². The third-order valence-electron chi connectivity index (χ3n) is 6.15. The maximum atomic E-state index is 12.7. The first-order chi connectivity index (χ1) is 15.7. The smallest absolute Gasteiger partial charge is 0.240 e. The second-order valence-electron chi connectivity index (χ2n) is 9.09. The molecule has 0 aromatic heterocycles. The van der Waals surface area contributed by atoms with Gasteiger partial charge in [-0.2, -0.15) is 0 Å². The number of benzene rings is 2. The van der Waals surface area contributed by atoms with E-state index in [2.05, 4.69) is 16.9 Å². The van der Waals surface area contributed by atoms with Crippen LogP contribution in [0.3, 0.4) is 0 Å². The highest BCUT2D eigenvalue weighted by Gasteiger charge is 2.25. The van der Waals surface area contributed by atoms with Gasteiger partial charge in [-0.05, 0) is 81.7 Å². The number of nitrogens with zero attached hydrogens (tertiary/aromatic N) is 1. The van der Waals surface area contributed by atoms with Gasteiger partial charge in [0.2, 0.25) is 15.9 Å². The second-order valence-corrected chi connectivity index (χ2v) is 10.9. The Hall–Kier alpha value is -2.38. The number of ether oxygens (including phenoxy) is 1. The molecule has 1 atom stereocenters. The lowest BCUT2D eigenvalue weighted by Crippen LogP contribution is -2.43. The summed E-state index contributed by atoms with van der Waals surface area (Å²) in [6, 6.07) is 13.0. The molecule has 1 saturated heterocycles. The van der Waals surface area contributed by atoms with Crippen LogP contribution in [0.4, 0.5) is 0 Å². The first-order valence-corrected chi connectivity index (χ1v) is 13.3. The highest BCUT2D eigenvalue weighted by atomic mass is 32.2. The normalized spacial score (nSPS) is 16.6. The summed E-state index contributed by atoms with van der Waals surface area (Å²) in [6.45, 7) is 8.31. The number of unbranched alkanes of at least 4 members (excludes halogenated alkanes) is 1. The molecule has 3 rings (SSSR count). The zero-order chi connectivity index (χ0) is 23.8. The highest BCUT2D eigenvalue weighted by molar-refractivity contribution is 7.89. The van der Waals surface area contributed by atoms with Gasteiger partial charge in [0.15, 0.2) is 0 Å². The molecule has 1 aliphatic heterocycles. The summed E-state index contributed by atoms with van der Waals surface area (Å²) in [6.07, 6.45) is 3.93. The number of piperidine rings is 1. The van der Waals surface area contributed by atoms with E-state index in [9.17, 15) is 13.2 Å². The van der Waals surface area contributed by atoms with Crippen LogP contribution in [0.1, 0.15) is 48.8 Å². The summed E-state index contributed by atoms with van der Waals surface area (Å²) >= 11 is 0. The Morgan fingerprint density at radius 1 is 1.06 bits per heavy atom. The summed E-state index contributed by atoms with van der Waals surface area (Å²) in [7, 11) is -3.53. The fourth-order valence-corrected chi connectivity index (χ4v) is 5.18.